The molecule has 2 saturated heterocycles. The Hall–Kier alpha value is -0.650. The molecule has 0 aromatic carbocycles. The largest absolute Gasteiger partial charge is 0.381 e. The Morgan fingerprint density at radius 1 is 1.47 bits per heavy atom. The maximum atomic E-state index is 12.4. The molecule has 2 heterocycles. The second-order valence-corrected chi connectivity index (χ2v) is 5.77. The van der Waals surface area contributed by atoms with Gasteiger partial charge in [-0.05, 0) is 32.7 Å². The van der Waals surface area contributed by atoms with Crippen LogP contribution in [0, 0.1) is 5.92 Å². The van der Waals surface area contributed by atoms with Gasteiger partial charge in [-0.2, -0.15) is 0 Å². The van der Waals surface area contributed by atoms with Gasteiger partial charge in [0.2, 0.25) is 5.91 Å². The summed E-state index contributed by atoms with van der Waals surface area (Å²) in [5.74, 6) is 0.845. The van der Waals surface area contributed by atoms with Gasteiger partial charge in [-0.3, -0.25) is 9.69 Å². The number of amides is 1. The first kappa shape index (κ1) is 14.8. The molecule has 2 aliphatic rings. The van der Waals surface area contributed by atoms with Crippen LogP contribution in [0.25, 0.3) is 0 Å². The van der Waals surface area contributed by atoms with Gasteiger partial charge in [-0.1, -0.05) is 0 Å². The van der Waals surface area contributed by atoms with Gasteiger partial charge in [0.05, 0.1) is 12.6 Å². The van der Waals surface area contributed by atoms with Crippen LogP contribution in [0.1, 0.15) is 19.8 Å². The van der Waals surface area contributed by atoms with Gasteiger partial charge in [-0.25, -0.2) is 0 Å². The molecule has 0 aromatic heterocycles. The highest BCUT2D eigenvalue weighted by atomic mass is 16.5. The Bertz CT molecular complexity index is 286. The van der Waals surface area contributed by atoms with Crippen LogP contribution >= 0.6 is 0 Å². The van der Waals surface area contributed by atoms with Crippen molar-refractivity contribution < 1.29 is 9.53 Å². The molecule has 2 unspecified atom stereocenters. The molecule has 2 atom stereocenters. The topological polar surface area (TPSA) is 44.8 Å². The quantitative estimate of drug-likeness (QED) is 0.790. The molecule has 2 aliphatic heterocycles. The Kier molecular flexibility index (Phi) is 5.60. The van der Waals surface area contributed by atoms with Crippen LogP contribution in [-0.4, -0.2) is 74.7 Å². The van der Waals surface area contributed by atoms with Crippen molar-refractivity contribution >= 4 is 5.91 Å². The zero-order valence-electron chi connectivity index (χ0n) is 12.2. The van der Waals surface area contributed by atoms with Crippen LogP contribution < -0.4 is 5.32 Å². The fraction of sp³-hybridized carbons (Fsp3) is 0.929. The minimum atomic E-state index is -0.0278. The molecule has 19 heavy (non-hydrogen) atoms. The third-order valence-corrected chi connectivity index (χ3v) is 4.25. The normalized spacial score (nSPS) is 26.5. The highest BCUT2D eigenvalue weighted by Gasteiger charge is 2.26. The van der Waals surface area contributed by atoms with Crippen molar-refractivity contribution in [3.8, 4) is 0 Å². The minimum absolute atomic E-state index is 0.0278. The molecule has 0 aromatic rings. The Labute approximate surface area is 116 Å². The van der Waals surface area contributed by atoms with Gasteiger partial charge in [0.1, 0.15) is 0 Å². The number of likely N-dealkylation sites (N-methyl/N-ethyl adjacent to an activating group) is 1. The molecule has 0 radical (unpaired) electrons. The first-order valence-electron chi connectivity index (χ1n) is 7.46. The predicted molar refractivity (Wildman–Crippen MR) is 75.1 cm³/mol. The van der Waals surface area contributed by atoms with Crippen molar-refractivity contribution in [1.82, 2.24) is 15.1 Å². The Morgan fingerprint density at radius 2 is 2.21 bits per heavy atom. The number of carbonyl (C=O) groups is 1. The zero-order chi connectivity index (χ0) is 13.7. The van der Waals surface area contributed by atoms with Gasteiger partial charge >= 0.3 is 0 Å². The van der Waals surface area contributed by atoms with Crippen molar-refractivity contribution in [2.75, 3.05) is 53.0 Å². The summed E-state index contributed by atoms with van der Waals surface area (Å²) in [5.41, 5.74) is 0. The summed E-state index contributed by atoms with van der Waals surface area (Å²) in [6.45, 7) is 8.23. The van der Waals surface area contributed by atoms with Gasteiger partial charge in [0.15, 0.2) is 0 Å². The molecule has 0 bridgehead atoms. The SMILES string of the molecule is CC(C(=O)N1CCNCC1)N(C)CC1CCCOC1. The van der Waals surface area contributed by atoms with Gasteiger partial charge < -0.3 is 15.0 Å². The van der Waals surface area contributed by atoms with Crippen LogP contribution in [0.5, 0.6) is 0 Å². The summed E-state index contributed by atoms with van der Waals surface area (Å²) >= 11 is 0. The van der Waals surface area contributed by atoms with Crippen molar-refractivity contribution in [3.05, 3.63) is 0 Å². The number of hydrogen-bond acceptors (Lipinski definition) is 4. The maximum Gasteiger partial charge on any atom is 0.239 e. The van der Waals surface area contributed by atoms with Crippen LogP contribution in [-0.2, 0) is 9.53 Å². The fourth-order valence-electron chi connectivity index (χ4n) is 2.85. The van der Waals surface area contributed by atoms with Crippen molar-refractivity contribution in [1.29, 1.82) is 0 Å². The van der Waals surface area contributed by atoms with E-state index >= 15 is 0 Å². The first-order valence-corrected chi connectivity index (χ1v) is 7.46. The zero-order valence-corrected chi connectivity index (χ0v) is 12.2. The Balaban J connectivity index is 1.79. The van der Waals surface area contributed by atoms with Crippen molar-refractivity contribution in [3.63, 3.8) is 0 Å². The molecule has 1 N–H and O–H groups in total. The van der Waals surface area contributed by atoms with E-state index in [1.54, 1.807) is 0 Å². The fourth-order valence-corrected chi connectivity index (χ4v) is 2.85. The van der Waals surface area contributed by atoms with E-state index in [4.69, 9.17) is 4.74 Å². The summed E-state index contributed by atoms with van der Waals surface area (Å²) < 4.78 is 5.51. The molecule has 0 spiro atoms. The second-order valence-electron chi connectivity index (χ2n) is 5.77. The number of rotatable bonds is 4. The number of ether oxygens (including phenoxy) is 1. The summed E-state index contributed by atoms with van der Waals surface area (Å²) in [7, 11) is 2.05. The summed E-state index contributed by atoms with van der Waals surface area (Å²) in [6.07, 6.45) is 2.37. The van der Waals surface area contributed by atoms with Gasteiger partial charge in [0, 0.05) is 39.3 Å². The molecular weight excluding hydrogens is 242 g/mol. The van der Waals surface area contributed by atoms with E-state index in [-0.39, 0.29) is 11.9 Å². The van der Waals surface area contributed by atoms with Crippen LogP contribution in [0.4, 0.5) is 0 Å². The first-order chi connectivity index (χ1) is 9.18. The number of nitrogens with one attached hydrogen (secondary N) is 1. The molecule has 1 amide bonds. The lowest BCUT2D eigenvalue weighted by molar-refractivity contribution is -0.136. The second kappa shape index (κ2) is 7.22. The standard InChI is InChI=1S/C14H27N3O2/c1-12(14(18)17-7-5-15-6-8-17)16(2)10-13-4-3-9-19-11-13/h12-13,15H,3-11H2,1-2H3. The van der Waals surface area contributed by atoms with E-state index in [1.165, 1.54) is 6.42 Å². The summed E-state index contributed by atoms with van der Waals surface area (Å²) in [5, 5.41) is 3.28. The lowest BCUT2D eigenvalue weighted by Crippen LogP contribution is -2.53. The number of piperazine rings is 1. The molecule has 110 valence electrons. The monoisotopic (exact) mass is 269 g/mol. The van der Waals surface area contributed by atoms with Crippen LogP contribution in [0.2, 0.25) is 0 Å². The molecule has 2 rings (SSSR count). The van der Waals surface area contributed by atoms with E-state index in [9.17, 15) is 4.79 Å². The van der Waals surface area contributed by atoms with Crippen LogP contribution in [0.15, 0.2) is 0 Å². The lowest BCUT2D eigenvalue weighted by Gasteiger charge is -2.35. The summed E-state index contributed by atoms with van der Waals surface area (Å²) in [4.78, 5) is 16.6. The molecule has 5 nitrogen and oxygen atoms in total. The molecular formula is C14H27N3O2. The van der Waals surface area contributed by atoms with E-state index in [0.29, 0.717) is 5.92 Å². The third-order valence-electron chi connectivity index (χ3n) is 4.25. The highest BCUT2D eigenvalue weighted by Crippen LogP contribution is 2.16. The minimum Gasteiger partial charge on any atom is -0.381 e. The smallest absolute Gasteiger partial charge is 0.239 e. The molecule has 2 fully saturated rings. The lowest BCUT2D eigenvalue weighted by atomic mass is 10.0. The number of hydrogen-bond donors (Lipinski definition) is 1. The van der Waals surface area contributed by atoms with E-state index in [2.05, 4.69) is 17.3 Å². The molecule has 0 aliphatic carbocycles. The van der Waals surface area contributed by atoms with E-state index < -0.39 is 0 Å². The number of carbonyl (C=O) groups excluding carboxylic acids is 1. The summed E-state index contributed by atoms with van der Waals surface area (Å²) in [6, 6.07) is -0.0278. The highest BCUT2D eigenvalue weighted by molar-refractivity contribution is 5.81. The van der Waals surface area contributed by atoms with Gasteiger partial charge in [-0.15, -0.1) is 0 Å². The third kappa shape index (κ3) is 4.16. The molecule has 5 heteroatoms. The van der Waals surface area contributed by atoms with E-state index in [0.717, 1.165) is 52.4 Å². The Morgan fingerprint density at radius 3 is 2.84 bits per heavy atom. The van der Waals surface area contributed by atoms with Gasteiger partial charge in [0.25, 0.3) is 0 Å². The maximum absolute atomic E-state index is 12.4. The molecule has 0 saturated carbocycles. The predicted octanol–water partition coefficient (Wildman–Crippen LogP) is 0.165. The van der Waals surface area contributed by atoms with Crippen molar-refractivity contribution in [2.45, 2.75) is 25.8 Å². The average molecular weight is 269 g/mol. The number of nitrogens with zero attached hydrogens (tertiary/aromatic N) is 2. The average Bonchev–Trinajstić information content (AvgIpc) is 2.47. The van der Waals surface area contributed by atoms with E-state index in [1.807, 2.05) is 11.8 Å². The van der Waals surface area contributed by atoms with Crippen molar-refractivity contribution in [2.24, 2.45) is 5.92 Å². The van der Waals surface area contributed by atoms with Crippen LogP contribution in [0.3, 0.4) is 0 Å².